The Morgan fingerprint density at radius 2 is 2.00 bits per heavy atom. The molecule has 0 unspecified atom stereocenters. The summed E-state index contributed by atoms with van der Waals surface area (Å²) < 4.78 is 13.2. The third-order valence-electron chi connectivity index (χ3n) is 9.67. The molecular weight excluding hydrogens is 548 g/mol. The van der Waals surface area contributed by atoms with Crippen LogP contribution in [0.2, 0.25) is 0 Å². The van der Waals surface area contributed by atoms with E-state index >= 15 is 0 Å². The number of nitrogens with zero attached hydrogens (tertiary/aromatic N) is 5. The molecule has 4 aromatic rings. The molecule has 43 heavy (non-hydrogen) atoms. The van der Waals surface area contributed by atoms with E-state index < -0.39 is 24.5 Å². The summed E-state index contributed by atoms with van der Waals surface area (Å²) in [4.78, 5) is 20.9. The van der Waals surface area contributed by atoms with E-state index in [1.165, 1.54) is 18.2 Å². The van der Waals surface area contributed by atoms with Gasteiger partial charge in [-0.1, -0.05) is 33.8 Å². The lowest BCUT2D eigenvalue weighted by Crippen LogP contribution is -2.61. The fraction of sp³-hybridized carbons (Fsp3) is 0.613. The number of aryl methyl sites for hydroxylation is 1. The van der Waals surface area contributed by atoms with Gasteiger partial charge in [-0.25, -0.2) is 19.9 Å². The standard InChI is InChI=1S/C31H44N8O4/c1-17(2)31(36-13-22-25(40)26(41)29(43-22)39-16-35-24-27(32)33-15-34-28(24)39)11-18(12-31)6-9-23-37-20-8-7-19(10-21(20)38-23)30(3,4)14-42-5/h7-8,10,15-18,22,25-26,29,36,40-41H,6,9,11-14H2,1-5H3,(H,37,38)(H2,32,33,34)/t18-,22-,25+,26+,29-,31-/m1/s1. The molecule has 1 saturated heterocycles. The summed E-state index contributed by atoms with van der Waals surface area (Å²) >= 11 is 0. The number of anilines is 1. The van der Waals surface area contributed by atoms with Crippen LogP contribution < -0.4 is 11.1 Å². The number of aromatic amines is 1. The van der Waals surface area contributed by atoms with Gasteiger partial charge in [0.05, 0.1) is 24.0 Å². The predicted octanol–water partition coefficient (Wildman–Crippen LogP) is 2.86. The second kappa shape index (κ2) is 11.4. The van der Waals surface area contributed by atoms with Gasteiger partial charge >= 0.3 is 0 Å². The van der Waals surface area contributed by atoms with Crippen molar-refractivity contribution in [3.05, 3.63) is 42.2 Å². The lowest BCUT2D eigenvalue weighted by Gasteiger charge is -2.52. The Hall–Kier alpha value is -3.16. The summed E-state index contributed by atoms with van der Waals surface area (Å²) in [6.07, 6.45) is 3.31. The Bertz CT molecular complexity index is 1580. The second-order valence-electron chi connectivity index (χ2n) is 13.4. The summed E-state index contributed by atoms with van der Waals surface area (Å²) in [6, 6.07) is 6.45. The molecule has 1 aliphatic heterocycles. The molecule has 4 atom stereocenters. The molecule has 0 spiro atoms. The Kier molecular flexibility index (Phi) is 7.93. The monoisotopic (exact) mass is 592 g/mol. The van der Waals surface area contributed by atoms with Gasteiger partial charge in [-0.3, -0.25) is 4.57 Å². The first kappa shape index (κ1) is 29.9. The van der Waals surface area contributed by atoms with Crippen LogP contribution in [0, 0.1) is 11.8 Å². The summed E-state index contributed by atoms with van der Waals surface area (Å²) in [6.45, 7) is 9.92. The van der Waals surface area contributed by atoms with E-state index in [1.807, 2.05) is 0 Å². The first-order chi connectivity index (χ1) is 20.5. The molecule has 232 valence electrons. The minimum Gasteiger partial charge on any atom is -0.387 e. The van der Waals surface area contributed by atoms with Gasteiger partial charge in [0.1, 0.15) is 36.0 Å². The van der Waals surface area contributed by atoms with Gasteiger partial charge in [-0.15, -0.1) is 0 Å². The largest absolute Gasteiger partial charge is 0.387 e. The Labute approximate surface area is 251 Å². The molecule has 2 aliphatic rings. The Balaban J connectivity index is 1.05. The minimum atomic E-state index is -1.13. The average molecular weight is 593 g/mol. The molecule has 12 heteroatoms. The van der Waals surface area contributed by atoms with Crippen molar-refractivity contribution < 1.29 is 19.7 Å². The molecule has 6 rings (SSSR count). The van der Waals surface area contributed by atoms with Crippen LogP contribution in [0.3, 0.4) is 0 Å². The number of nitrogens with two attached hydrogens (primary N) is 1. The number of nitrogen functional groups attached to an aromatic ring is 1. The summed E-state index contributed by atoms with van der Waals surface area (Å²) in [5, 5.41) is 25.4. The minimum absolute atomic E-state index is 0.0458. The van der Waals surface area contributed by atoms with Crippen LogP contribution in [0.5, 0.6) is 0 Å². The van der Waals surface area contributed by atoms with Crippen molar-refractivity contribution in [3.63, 3.8) is 0 Å². The number of aromatic nitrogens is 6. The van der Waals surface area contributed by atoms with Gasteiger partial charge in [-0.2, -0.15) is 0 Å². The van der Waals surface area contributed by atoms with Crippen molar-refractivity contribution in [1.82, 2.24) is 34.8 Å². The number of imidazole rings is 2. The van der Waals surface area contributed by atoms with Gasteiger partial charge in [-0.05, 0) is 48.8 Å². The van der Waals surface area contributed by atoms with Crippen LogP contribution in [0.25, 0.3) is 22.2 Å². The number of aliphatic hydroxyl groups excluding tert-OH is 2. The van der Waals surface area contributed by atoms with Crippen molar-refractivity contribution in [2.45, 2.75) is 88.9 Å². The van der Waals surface area contributed by atoms with Crippen LogP contribution in [0.1, 0.15) is 64.6 Å². The summed E-state index contributed by atoms with van der Waals surface area (Å²) in [5.41, 5.74) is 9.98. The number of methoxy groups -OCH3 is 1. The number of ether oxygens (including phenoxy) is 2. The second-order valence-corrected chi connectivity index (χ2v) is 13.4. The van der Waals surface area contributed by atoms with E-state index in [4.69, 9.17) is 20.2 Å². The maximum atomic E-state index is 10.9. The molecule has 2 fully saturated rings. The number of H-pyrrole nitrogens is 1. The van der Waals surface area contributed by atoms with Crippen LogP contribution in [0.4, 0.5) is 5.82 Å². The molecule has 6 N–H and O–H groups in total. The molecule has 4 heterocycles. The van der Waals surface area contributed by atoms with Gasteiger partial charge in [0.15, 0.2) is 17.7 Å². The highest BCUT2D eigenvalue weighted by Crippen LogP contribution is 2.45. The number of hydrogen-bond acceptors (Lipinski definition) is 10. The van der Waals surface area contributed by atoms with Gasteiger partial charge in [0, 0.05) is 31.0 Å². The molecular formula is C31H44N8O4. The van der Waals surface area contributed by atoms with Crippen LogP contribution in [-0.4, -0.2) is 83.8 Å². The molecule has 0 amide bonds. The normalized spacial score (nSPS) is 27.9. The van der Waals surface area contributed by atoms with Crippen molar-refractivity contribution in [1.29, 1.82) is 0 Å². The SMILES string of the molecule is COCC(C)(C)c1ccc2[nH]c(CC[C@H]3C[C@@](NC[C@H]4O[C@@H](n5cnc6c(N)ncnc65)[C@@H](O)[C@H]4O)(C(C)C)C3)nc2c1. The highest BCUT2D eigenvalue weighted by atomic mass is 16.6. The topological polar surface area (TPSA) is 169 Å². The van der Waals surface area contributed by atoms with E-state index in [2.05, 4.69) is 71.1 Å². The number of fused-ring (bicyclic) bond motifs is 2. The number of rotatable bonds is 11. The van der Waals surface area contributed by atoms with E-state index in [0.717, 1.165) is 42.5 Å². The molecule has 0 radical (unpaired) electrons. The fourth-order valence-corrected chi connectivity index (χ4v) is 6.87. The maximum Gasteiger partial charge on any atom is 0.167 e. The van der Waals surface area contributed by atoms with Crippen LogP contribution in [0.15, 0.2) is 30.9 Å². The summed E-state index contributed by atoms with van der Waals surface area (Å²) in [7, 11) is 1.74. The highest BCUT2D eigenvalue weighted by Gasteiger charge is 2.49. The van der Waals surface area contributed by atoms with E-state index in [0.29, 0.717) is 36.2 Å². The number of benzene rings is 1. The quantitative estimate of drug-likeness (QED) is 0.175. The van der Waals surface area contributed by atoms with Crippen molar-refractivity contribution in [2.24, 2.45) is 11.8 Å². The lowest BCUT2D eigenvalue weighted by atomic mass is 9.61. The van der Waals surface area contributed by atoms with Crippen molar-refractivity contribution in [3.8, 4) is 0 Å². The zero-order valence-corrected chi connectivity index (χ0v) is 25.6. The third-order valence-corrected chi connectivity index (χ3v) is 9.67. The van der Waals surface area contributed by atoms with Crippen LogP contribution in [-0.2, 0) is 21.3 Å². The van der Waals surface area contributed by atoms with Gasteiger partial charge in [0.25, 0.3) is 0 Å². The first-order valence-electron chi connectivity index (χ1n) is 15.2. The lowest BCUT2D eigenvalue weighted by molar-refractivity contribution is -0.0422. The van der Waals surface area contributed by atoms with E-state index in [9.17, 15) is 10.2 Å². The van der Waals surface area contributed by atoms with Crippen LogP contribution >= 0.6 is 0 Å². The Morgan fingerprint density at radius 1 is 1.21 bits per heavy atom. The predicted molar refractivity (Wildman–Crippen MR) is 163 cm³/mol. The van der Waals surface area contributed by atoms with Crippen molar-refractivity contribution in [2.75, 3.05) is 26.0 Å². The molecule has 1 saturated carbocycles. The Morgan fingerprint density at radius 3 is 2.74 bits per heavy atom. The summed E-state index contributed by atoms with van der Waals surface area (Å²) in [5.74, 6) is 2.26. The molecule has 12 nitrogen and oxygen atoms in total. The molecule has 1 aliphatic carbocycles. The fourth-order valence-electron chi connectivity index (χ4n) is 6.87. The van der Waals surface area contributed by atoms with E-state index in [-0.39, 0.29) is 16.8 Å². The third kappa shape index (κ3) is 5.51. The van der Waals surface area contributed by atoms with E-state index in [1.54, 1.807) is 11.7 Å². The zero-order valence-electron chi connectivity index (χ0n) is 25.6. The van der Waals surface area contributed by atoms with Crippen molar-refractivity contribution >= 4 is 28.0 Å². The first-order valence-corrected chi connectivity index (χ1v) is 15.2. The molecule has 1 aromatic carbocycles. The number of aliphatic hydroxyl groups is 2. The number of nitrogens with one attached hydrogen (secondary N) is 2. The van der Waals surface area contributed by atoms with Gasteiger partial charge in [0.2, 0.25) is 0 Å². The average Bonchev–Trinajstić information content (AvgIpc) is 3.63. The number of hydrogen-bond donors (Lipinski definition) is 5. The maximum absolute atomic E-state index is 10.9. The van der Waals surface area contributed by atoms with Gasteiger partial charge < -0.3 is 35.7 Å². The molecule has 3 aromatic heterocycles. The highest BCUT2D eigenvalue weighted by molar-refractivity contribution is 5.81. The molecule has 0 bridgehead atoms. The zero-order chi connectivity index (χ0) is 30.5. The smallest absolute Gasteiger partial charge is 0.167 e.